The maximum atomic E-state index is 14.9. The van der Waals surface area contributed by atoms with Gasteiger partial charge < -0.3 is 34.6 Å². The first-order valence-corrected chi connectivity index (χ1v) is 14.6. The van der Waals surface area contributed by atoms with Crippen LogP contribution in [0.2, 0.25) is 0 Å². The molecule has 3 atom stereocenters. The van der Waals surface area contributed by atoms with Crippen LogP contribution in [0.25, 0.3) is 11.3 Å². The van der Waals surface area contributed by atoms with Crippen LogP contribution in [0.4, 0.5) is 26.1 Å². The number of hydrogen-bond acceptors (Lipinski definition) is 11. The number of aliphatic hydroxyl groups excluding tert-OH is 1. The molecular formula is C31H36F2N8O4. The molecule has 0 radical (unpaired) electrons. The van der Waals surface area contributed by atoms with E-state index in [0.29, 0.717) is 34.8 Å². The van der Waals surface area contributed by atoms with Crippen molar-refractivity contribution < 1.29 is 28.2 Å². The van der Waals surface area contributed by atoms with Crippen LogP contribution in [0.1, 0.15) is 25.8 Å². The number of rotatable bonds is 8. The molecule has 12 nitrogen and oxygen atoms in total. The lowest BCUT2D eigenvalue weighted by Gasteiger charge is -2.39. The minimum atomic E-state index is -3.38. The van der Waals surface area contributed by atoms with Gasteiger partial charge in [-0.3, -0.25) is 4.79 Å². The summed E-state index contributed by atoms with van der Waals surface area (Å²) in [6.07, 6.45) is -1.70. The molecule has 4 heterocycles. The number of nitriles is 1. The van der Waals surface area contributed by atoms with Gasteiger partial charge in [-0.1, -0.05) is 0 Å². The highest BCUT2D eigenvalue weighted by Gasteiger charge is 2.48. The van der Waals surface area contributed by atoms with E-state index in [1.54, 1.807) is 19.2 Å². The molecule has 2 N–H and O–H groups in total. The van der Waals surface area contributed by atoms with Gasteiger partial charge in [0.15, 0.2) is 6.10 Å². The normalized spacial score (nSPS) is 20.7. The molecule has 1 amide bonds. The third kappa shape index (κ3) is 7.05. The number of carbonyl (C=O) groups excluding carboxylic acids is 1. The van der Waals surface area contributed by atoms with E-state index >= 15 is 0 Å². The number of pyridine rings is 1. The third-order valence-electron chi connectivity index (χ3n) is 8.13. The second-order valence-corrected chi connectivity index (χ2v) is 11.3. The smallest absolute Gasteiger partial charge is 0.301 e. The number of ether oxygens (including phenoxy) is 2. The Bertz CT molecular complexity index is 1580. The fourth-order valence-electron chi connectivity index (χ4n) is 5.43. The third-order valence-corrected chi connectivity index (χ3v) is 8.13. The summed E-state index contributed by atoms with van der Waals surface area (Å²) in [7, 11) is 3.70. The summed E-state index contributed by atoms with van der Waals surface area (Å²) in [5, 5.41) is 22.5. The van der Waals surface area contributed by atoms with Crippen LogP contribution in [-0.4, -0.2) is 107 Å². The van der Waals surface area contributed by atoms with Gasteiger partial charge >= 0.3 is 5.92 Å². The van der Waals surface area contributed by atoms with E-state index in [0.717, 1.165) is 30.2 Å². The zero-order valence-corrected chi connectivity index (χ0v) is 25.6. The number of likely N-dealkylation sites (tertiary alicyclic amines) is 1. The van der Waals surface area contributed by atoms with Crippen LogP contribution in [0.5, 0.6) is 11.6 Å². The van der Waals surface area contributed by atoms with E-state index in [9.17, 15) is 23.9 Å². The van der Waals surface area contributed by atoms with E-state index in [2.05, 4.69) is 44.0 Å². The van der Waals surface area contributed by atoms with Crippen LogP contribution >= 0.6 is 0 Å². The predicted molar refractivity (Wildman–Crippen MR) is 163 cm³/mol. The molecule has 2 saturated heterocycles. The fraction of sp³-hybridized carbons (Fsp3) is 0.452. The first kappa shape index (κ1) is 31.8. The number of nitrogens with one attached hydrogen (secondary N) is 1. The Morgan fingerprint density at radius 3 is 2.67 bits per heavy atom. The molecule has 3 aromatic rings. The van der Waals surface area contributed by atoms with Gasteiger partial charge in [0.25, 0.3) is 5.91 Å². The number of methoxy groups -OCH3 is 1. The Balaban J connectivity index is 1.30. The van der Waals surface area contributed by atoms with Gasteiger partial charge in [0.2, 0.25) is 5.88 Å². The molecule has 1 unspecified atom stereocenters. The van der Waals surface area contributed by atoms with Gasteiger partial charge in [0.05, 0.1) is 24.9 Å². The van der Waals surface area contributed by atoms with Crippen LogP contribution in [0, 0.1) is 11.3 Å². The van der Waals surface area contributed by atoms with Gasteiger partial charge in [0.1, 0.15) is 41.6 Å². The number of amides is 1. The SMILES string of the molecule is COc1nc(Nc2cc(-c3ccc(OC4CCN(C(=O)[C@H](C)O)CC4(F)F)c(C#N)c3)ncn2)ccc1N1CCN(C)[C@H](C)C1. The number of aliphatic hydroxyl groups is 1. The van der Waals surface area contributed by atoms with Gasteiger partial charge in [-0.25, -0.2) is 18.7 Å². The van der Waals surface area contributed by atoms with Gasteiger partial charge in [-0.15, -0.1) is 0 Å². The maximum Gasteiger partial charge on any atom is 0.301 e. The number of aromatic nitrogens is 3. The summed E-state index contributed by atoms with van der Waals surface area (Å²) in [4.78, 5) is 30.7. The molecular weight excluding hydrogens is 586 g/mol. The van der Waals surface area contributed by atoms with Crippen LogP contribution < -0.4 is 19.7 Å². The van der Waals surface area contributed by atoms with Crippen molar-refractivity contribution >= 4 is 23.2 Å². The lowest BCUT2D eigenvalue weighted by Crippen LogP contribution is -2.56. The highest BCUT2D eigenvalue weighted by atomic mass is 19.3. The van der Waals surface area contributed by atoms with Crippen LogP contribution in [-0.2, 0) is 4.79 Å². The lowest BCUT2D eigenvalue weighted by molar-refractivity contribution is -0.165. The molecule has 14 heteroatoms. The Morgan fingerprint density at radius 2 is 1.98 bits per heavy atom. The van der Waals surface area contributed by atoms with Crippen molar-refractivity contribution in [1.29, 1.82) is 5.26 Å². The molecule has 2 fully saturated rings. The molecule has 1 aromatic carbocycles. The first-order chi connectivity index (χ1) is 21.5. The number of likely N-dealkylation sites (N-methyl/N-ethyl adjacent to an activating group) is 1. The van der Waals surface area contributed by atoms with Crippen LogP contribution in [0.15, 0.2) is 42.7 Å². The second kappa shape index (κ2) is 13.2. The highest BCUT2D eigenvalue weighted by molar-refractivity contribution is 5.80. The summed E-state index contributed by atoms with van der Waals surface area (Å²) in [5.41, 5.74) is 2.01. The topological polar surface area (TPSA) is 140 Å². The van der Waals surface area contributed by atoms with Gasteiger partial charge in [-0.05, 0) is 51.2 Å². The first-order valence-electron chi connectivity index (χ1n) is 14.6. The number of carbonyl (C=O) groups is 1. The Labute approximate surface area is 260 Å². The van der Waals surface area contributed by atoms with Crippen molar-refractivity contribution in [3.05, 3.63) is 48.3 Å². The molecule has 2 aliphatic heterocycles. The number of piperidine rings is 1. The van der Waals surface area contributed by atoms with E-state index in [4.69, 9.17) is 9.47 Å². The Morgan fingerprint density at radius 1 is 1.18 bits per heavy atom. The molecule has 0 aliphatic carbocycles. The zero-order valence-electron chi connectivity index (χ0n) is 25.6. The number of piperazine rings is 1. The molecule has 0 saturated carbocycles. The van der Waals surface area contributed by atoms with Crippen molar-refractivity contribution in [2.24, 2.45) is 0 Å². The Kier molecular flexibility index (Phi) is 9.31. The summed E-state index contributed by atoms with van der Waals surface area (Å²) in [6.45, 7) is 5.20. The predicted octanol–water partition coefficient (Wildman–Crippen LogP) is 3.30. The van der Waals surface area contributed by atoms with E-state index in [1.807, 2.05) is 18.2 Å². The van der Waals surface area contributed by atoms with Crippen molar-refractivity contribution in [3.8, 4) is 29.0 Å². The number of alkyl halides is 2. The maximum absolute atomic E-state index is 14.9. The largest absolute Gasteiger partial charge is 0.483 e. The number of benzene rings is 1. The highest BCUT2D eigenvalue weighted by Crippen LogP contribution is 2.35. The molecule has 0 spiro atoms. The lowest BCUT2D eigenvalue weighted by atomic mass is 10.0. The number of hydrogen-bond donors (Lipinski definition) is 2. The summed E-state index contributed by atoms with van der Waals surface area (Å²) >= 11 is 0. The summed E-state index contributed by atoms with van der Waals surface area (Å²) in [6, 6.07) is 12.5. The van der Waals surface area contributed by atoms with Crippen LogP contribution in [0.3, 0.4) is 0 Å². The minimum absolute atomic E-state index is 0.000221. The summed E-state index contributed by atoms with van der Waals surface area (Å²) < 4.78 is 41.0. The molecule has 2 aliphatic rings. The second-order valence-electron chi connectivity index (χ2n) is 11.3. The molecule has 5 rings (SSSR count). The van der Waals surface area contributed by atoms with Gasteiger partial charge in [-0.2, -0.15) is 10.2 Å². The van der Waals surface area contributed by atoms with Gasteiger partial charge in [0, 0.05) is 50.3 Å². The Hall–Kier alpha value is -4.61. The average Bonchev–Trinajstić information content (AvgIpc) is 3.03. The van der Waals surface area contributed by atoms with Crippen molar-refractivity contribution in [1.82, 2.24) is 24.8 Å². The van der Waals surface area contributed by atoms with Crippen molar-refractivity contribution in [2.45, 2.75) is 44.4 Å². The fourth-order valence-corrected chi connectivity index (χ4v) is 5.43. The molecule has 45 heavy (non-hydrogen) atoms. The van der Waals surface area contributed by atoms with E-state index in [-0.39, 0.29) is 24.3 Å². The van der Waals surface area contributed by atoms with E-state index < -0.39 is 30.6 Å². The molecule has 238 valence electrons. The minimum Gasteiger partial charge on any atom is -0.483 e. The zero-order chi connectivity index (χ0) is 32.3. The average molecular weight is 623 g/mol. The molecule has 2 aromatic heterocycles. The number of halogens is 2. The quantitative estimate of drug-likeness (QED) is 0.383. The summed E-state index contributed by atoms with van der Waals surface area (Å²) in [5.74, 6) is -2.68. The number of nitrogens with zero attached hydrogens (tertiary/aromatic N) is 7. The van der Waals surface area contributed by atoms with Crippen molar-refractivity contribution in [2.75, 3.05) is 57.1 Å². The molecule has 0 bridgehead atoms. The van der Waals surface area contributed by atoms with Crippen molar-refractivity contribution in [3.63, 3.8) is 0 Å². The number of anilines is 3. The standard InChI is InChI=1S/C31H36F2N8O4/c1-19-16-40(12-11-39(19)3)24-6-8-27(38-29(24)44-4)37-28-14-23(35-18-36-28)21-5-7-25(22(13-21)15-34)45-26-9-10-41(17-31(26,32)33)30(43)20(2)42/h5-8,13-14,18-20,26,42H,9-12,16-17H2,1-4H3,(H,35,36,37,38)/t19-,20+,26?/m1/s1. The van der Waals surface area contributed by atoms with E-state index in [1.165, 1.54) is 25.4 Å². The monoisotopic (exact) mass is 622 g/mol.